The number of carboxylic acid groups (broad SMARTS) is 1. The molecule has 150 valence electrons. The fraction of sp³-hybridized carbons (Fsp3) is 0.360. The van der Waals surface area contributed by atoms with Crippen LogP contribution in [0.1, 0.15) is 62.0 Å². The van der Waals surface area contributed by atoms with Crippen LogP contribution in [0.3, 0.4) is 0 Å². The van der Waals surface area contributed by atoms with E-state index in [9.17, 15) is 9.59 Å². The van der Waals surface area contributed by atoms with Gasteiger partial charge in [-0.2, -0.15) is 0 Å². The van der Waals surface area contributed by atoms with E-state index < -0.39 is 5.97 Å². The monoisotopic (exact) mass is 389 g/mol. The largest absolute Gasteiger partial charge is 0.478 e. The van der Waals surface area contributed by atoms with Crippen LogP contribution in [-0.2, 0) is 17.9 Å². The van der Waals surface area contributed by atoms with Gasteiger partial charge in [-0.15, -0.1) is 0 Å². The zero-order valence-corrected chi connectivity index (χ0v) is 17.7. The Labute approximate surface area is 170 Å². The average Bonchev–Trinajstić information content (AvgIpc) is 2.67. The molecule has 0 bridgehead atoms. The van der Waals surface area contributed by atoms with Crippen molar-refractivity contribution in [3.8, 4) is 11.1 Å². The van der Waals surface area contributed by atoms with Crippen LogP contribution in [0.5, 0.6) is 0 Å². The number of fused-ring (bicyclic) bond motifs is 2. The maximum atomic E-state index is 13.4. The van der Waals surface area contributed by atoms with Crippen molar-refractivity contribution in [1.82, 2.24) is 4.57 Å². The average molecular weight is 389 g/mol. The highest BCUT2D eigenvalue weighted by Crippen LogP contribution is 2.46. The summed E-state index contributed by atoms with van der Waals surface area (Å²) in [6, 6.07) is 10.8. The molecule has 1 heterocycles. The van der Waals surface area contributed by atoms with Crippen molar-refractivity contribution in [1.29, 1.82) is 0 Å². The Kier molecular flexibility index (Phi) is 4.23. The van der Waals surface area contributed by atoms with Crippen molar-refractivity contribution in [2.45, 2.75) is 51.4 Å². The van der Waals surface area contributed by atoms with Crippen LogP contribution in [0, 0.1) is 0 Å². The first-order valence-electron chi connectivity index (χ1n) is 10.0. The molecule has 0 radical (unpaired) electrons. The normalized spacial score (nSPS) is 17.1. The molecule has 1 aromatic heterocycles. The van der Waals surface area contributed by atoms with Gasteiger partial charge in [-0.1, -0.05) is 39.8 Å². The molecule has 0 fully saturated rings. The first-order chi connectivity index (χ1) is 13.5. The Morgan fingerprint density at radius 2 is 1.52 bits per heavy atom. The number of hydrogen-bond acceptors (Lipinski definition) is 2. The molecule has 0 aliphatic heterocycles. The van der Waals surface area contributed by atoms with Gasteiger partial charge in [0.15, 0.2) is 5.43 Å². The summed E-state index contributed by atoms with van der Waals surface area (Å²) in [6.45, 7) is 9.07. The van der Waals surface area contributed by atoms with Gasteiger partial charge in [0.1, 0.15) is 0 Å². The molecule has 29 heavy (non-hydrogen) atoms. The number of carbonyl (C=O) groups is 1. The molecule has 1 aliphatic carbocycles. The van der Waals surface area contributed by atoms with Crippen molar-refractivity contribution < 1.29 is 9.90 Å². The third-order valence-electron chi connectivity index (χ3n) is 6.60. The lowest BCUT2D eigenvalue weighted by Crippen LogP contribution is -2.34. The maximum absolute atomic E-state index is 13.4. The Hall–Kier alpha value is -2.88. The molecular formula is C25H27NO3. The van der Waals surface area contributed by atoms with Gasteiger partial charge in [0, 0.05) is 24.2 Å². The highest BCUT2D eigenvalue weighted by molar-refractivity contribution is 5.89. The SMILES string of the molecule is Cn1cc(-c2ccc(C(=O)O)cc2)c(=O)c2cc3c(cc21)C(C)(C)CCC3(C)C. The highest BCUT2D eigenvalue weighted by atomic mass is 16.4. The van der Waals surface area contributed by atoms with Crippen molar-refractivity contribution in [2.24, 2.45) is 7.05 Å². The van der Waals surface area contributed by atoms with Gasteiger partial charge in [0.2, 0.25) is 0 Å². The smallest absolute Gasteiger partial charge is 0.335 e. The molecule has 1 N–H and O–H groups in total. The Morgan fingerprint density at radius 3 is 2.07 bits per heavy atom. The molecule has 4 nitrogen and oxygen atoms in total. The summed E-state index contributed by atoms with van der Waals surface area (Å²) in [7, 11) is 1.96. The summed E-state index contributed by atoms with van der Waals surface area (Å²) >= 11 is 0. The van der Waals surface area contributed by atoms with Crippen molar-refractivity contribution in [3.63, 3.8) is 0 Å². The first kappa shape index (κ1) is 19.4. The van der Waals surface area contributed by atoms with E-state index >= 15 is 0 Å². The molecule has 3 aromatic rings. The lowest BCUT2D eigenvalue weighted by Gasteiger charge is -2.42. The van der Waals surface area contributed by atoms with Gasteiger partial charge in [-0.3, -0.25) is 4.79 Å². The fourth-order valence-corrected chi connectivity index (χ4v) is 4.54. The topological polar surface area (TPSA) is 59.3 Å². The van der Waals surface area contributed by atoms with Crippen molar-refractivity contribution in [2.75, 3.05) is 0 Å². The molecule has 0 saturated heterocycles. The summed E-state index contributed by atoms with van der Waals surface area (Å²) in [6.07, 6.45) is 4.07. The first-order valence-corrected chi connectivity index (χ1v) is 10.0. The van der Waals surface area contributed by atoms with Gasteiger partial charge in [-0.25, -0.2) is 4.79 Å². The summed E-state index contributed by atoms with van der Waals surface area (Å²) in [5.74, 6) is -0.973. The highest BCUT2D eigenvalue weighted by Gasteiger charge is 2.37. The second-order valence-electron chi connectivity index (χ2n) is 9.55. The molecule has 1 aliphatic rings. The lowest BCUT2D eigenvalue weighted by atomic mass is 9.63. The molecule has 0 spiro atoms. The number of carboxylic acids is 1. The van der Waals surface area contributed by atoms with E-state index in [0.29, 0.717) is 5.56 Å². The predicted octanol–water partition coefficient (Wildman–Crippen LogP) is 5.25. The Balaban J connectivity index is 1.99. The van der Waals surface area contributed by atoms with Crippen LogP contribution in [0.25, 0.3) is 22.0 Å². The summed E-state index contributed by atoms with van der Waals surface area (Å²) in [5.41, 5.74) is 5.16. The van der Waals surface area contributed by atoms with Gasteiger partial charge in [0.05, 0.1) is 11.1 Å². The number of hydrogen-bond donors (Lipinski definition) is 1. The summed E-state index contributed by atoms with van der Waals surface area (Å²) in [5, 5.41) is 9.84. The molecule has 0 atom stereocenters. The zero-order valence-electron chi connectivity index (χ0n) is 17.7. The third kappa shape index (κ3) is 3.07. The van der Waals surface area contributed by atoms with Crippen LogP contribution in [0.4, 0.5) is 0 Å². The summed E-state index contributed by atoms with van der Waals surface area (Å²) in [4.78, 5) is 24.6. The number of pyridine rings is 1. The quantitative estimate of drug-likeness (QED) is 0.651. The predicted molar refractivity (Wildman–Crippen MR) is 117 cm³/mol. The van der Waals surface area contributed by atoms with Crippen LogP contribution >= 0.6 is 0 Å². The molecule has 4 rings (SSSR count). The standard InChI is InChI=1S/C25H27NO3/c1-24(2)10-11-25(3,4)20-13-21-17(12-19(20)24)22(27)18(14-26(21)5)15-6-8-16(9-7-15)23(28)29/h6-9,12-14H,10-11H2,1-5H3,(H,28,29). The summed E-state index contributed by atoms with van der Waals surface area (Å²) < 4.78 is 2.01. The molecule has 0 amide bonds. The van der Waals surface area contributed by atoms with Gasteiger partial charge >= 0.3 is 5.97 Å². The van der Waals surface area contributed by atoms with E-state index in [4.69, 9.17) is 5.11 Å². The number of aryl methyl sites for hydroxylation is 1. The van der Waals surface area contributed by atoms with Crippen LogP contribution in [0.15, 0.2) is 47.4 Å². The van der Waals surface area contributed by atoms with E-state index in [2.05, 4.69) is 39.8 Å². The molecule has 4 heteroatoms. The number of aromatic carboxylic acids is 1. The minimum Gasteiger partial charge on any atom is -0.478 e. The Morgan fingerprint density at radius 1 is 0.966 bits per heavy atom. The van der Waals surface area contributed by atoms with E-state index in [1.807, 2.05) is 17.8 Å². The lowest BCUT2D eigenvalue weighted by molar-refractivity contribution is 0.0697. The van der Waals surface area contributed by atoms with Gasteiger partial charge in [0.25, 0.3) is 0 Å². The second-order valence-corrected chi connectivity index (χ2v) is 9.55. The second kappa shape index (κ2) is 6.31. The minimum absolute atomic E-state index is 0.0110. The molecule has 0 saturated carbocycles. The molecular weight excluding hydrogens is 362 g/mol. The van der Waals surface area contributed by atoms with Gasteiger partial charge < -0.3 is 9.67 Å². The van der Waals surface area contributed by atoms with Crippen molar-refractivity contribution in [3.05, 3.63) is 69.5 Å². The number of rotatable bonds is 2. The number of benzene rings is 2. The van der Waals surface area contributed by atoms with E-state index in [1.165, 1.54) is 11.1 Å². The number of aromatic nitrogens is 1. The molecule has 2 aromatic carbocycles. The maximum Gasteiger partial charge on any atom is 0.335 e. The van der Waals surface area contributed by atoms with E-state index in [-0.39, 0.29) is 21.8 Å². The van der Waals surface area contributed by atoms with Crippen molar-refractivity contribution >= 4 is 16.9 Å². The van der Waals surface area contributed by atoms with Crippen LogP contribution in [-0.4, -0.2) is 15.6 Å². The zero-order chi connectivity index (χ0) is 21.1. The van der Waals surface area contributed by atoms with E-state index in [0.717, 1.165) is 29.3 Å². The van der Waals surface area contributed by atoms with E-state index in [1.54, 1.807) is 24.3 Å². The Bertz CT molecular complexity index is 1200. The van der Waals surface area contributed by atoms with Crippen LogP contribution in [0.2, 0.25) is 0 Å². The fourth-order valence-electron chi connectivity index (χ4n) is 4.54. The molecule has 0 unspecified atom stereocenters. The number of nitrogens with zero attached hydrogens (tertiary/aromatic N) is 1. The third-order valence-corrected chi connectivity index (χ3v) is 6.60. The minimum atomic E-state index is -0.973. The van der Waals surface area contributed by atoms with Crippen LogP contribution < -0.4 is 5.43 Å². The van der Waals surface area contributed by atoms with Gasteiger partial charge in [-0.05, 0) is 64.6 Å².